The lowest BCUT2D eigenvalue weighted by atomic mass is 10.1. The van der Waals surface area contributed by atoms with Crippen molar-refractivity contribution < 1.29 is 4.39 Å². The van der Waals surface area contributed by atoms with E-state index in [0.29, 0.717) is 12.6 Å². The van der Waals surface area contributed by atoms with Crippen LogP contribution in [0.2, 0.25) is 0 Å². The van der Waals surface area contributed by atoms with Crippen LogP contribution in [0, 0.1) is 5.82 Å². The minimum atomic E-state index is -0.113. The Balaban J connectivity index is 2.73. The van der Waals surface area contributed by atoms with E-state index < -0.39 is 0 Å². The number of thioether (sulfide) groups is 1. The summed E-state index contributed by atoms with van der Waals surface area (Å²) in [5.41, 5.74) is 1.98. The third-order valence-corrected chi connectivity index (χ3v) is 4.33. The number of nitrogens with zero attached hydrogens (tertiary/aromatic N) is 1. The van der Waals surface area contributed by atoms with Crippen LogP contribution in [0.5, 0.6) is 0 Å². The van der Waals surface area contributed by atoms with Crippen molar-refractivity contribution in [2.24, 2.45) is 0 Å². The Morgan fingerprint density at radius 1 is 1.33 bits per heavy atom. The number of hydrogen-bond acceptors (Lipinski definition) is 3. The summed E-state index contributed by atoms with van der Waals surface area (Å²) in [5, 5.41) is 3.44. The maximum absolute atomic E-state index is 14.0. The summed E-state index contributed by atoms with van der Waals surface area (Å²) in [6.07, 6.45) is 2.10. The molecule has 0 amide bonds. The summed E-state index contributed by atoms with van der Waals surface area (Å²) in [4.78, 5) is 2.20. The molecule has 0 saturated carbocycles. The van der Waals surface area contributed by atoms with Crippen LogP contribution in [-0.4, -0.2) is 35.5 Å². The first-order valence-electron chi connectivity index (χ1n) is 7.44. The molecule has 0 heterocycles. The average Bonchev–Trinajstić information content (AvgIpc) is 2.39. The lowest BCUT2D eigenvalue weighted by Crippen LogP contribution is -2.35. The van der Waals surface area contributed by atoms with Gasteiger partial charge in [0.1, 0.15) is 5.82 Å². The van der Waals surface area contributed by atoms with Gasteiger partial charge in [-0.1, -0.05) is 12.1 Å². The topological polar surface area (TPSA) is 15.3 Å². The molecule has 1 atom stereocenters. The van der Waals surface area contributed by atoms with E-state index in [2.05, 4.69) is 51.2 Å². The minimum absolute atomic E-state index is 0.0677. The van der Waals surface area contributed by atoms with Gasteiger partial charge in [0, 0.05) is 36.0 Å². The summed E-state index contributed by atoms with van der Waals surface area (Å²) < 4.78 is 14.0. The average molecular weight is 312 g/mol. The Labute approximate surface area is 133 Å². The Kier molecular flexibility index (Phi) is 7.17. The van der Waals surface area contributed by atoms with E-state index in [9.17, 15) is 4.39 Å². The molecule has 0 radical (unpaired) electrons. The van der Waals surface area contributed by atoms with E-state index in [-0.39, 0.29) is 11.4 Å². The van der Waals surface area contributed by atoms with Gasteiger partial charge in [-0.2, -0.15) is 11.8 Å². The number of nitrogens with one attached hydrogen (secondary N) is 1. The summed E-state index contributed by atoms with van der Waals surface area (Å²) in [7, 11) is 2.06. The molecule has 21 heavy (non-hydrogen) atoms. The van der Waals surface area contributed by atoms with Crippen LogP contribution in [0.25, 0.3) is 0 Å². The second-order valence-corrected chi connectivity index (χ2v) is 7.66. The van der Waals surface area contributed by atoms with E-state index in [4.69, 9.17) is 0 Å². The molecule has 0 aliphatic rings. The van der Waals surface area contributed by atoms with E-state index in [1.165, 1.54) is 0 Å². The molecular formula is C17H29FN2S. The monoisotopic (exact) mass is 312 g/mol. The Morgan fingerprint density at radius 3 is 2.57 bits per heavy atom. The molecule has 0 fully saturated rings. The Hall–Kier alpha value is -0.580. The number of rotatable bonds is 7. The van der Waals surface area contributed by atoms with Gasteiger partial charge in [-0.15, -0.1) is 0 Å². The zero-order valence-electron chi connectivity index (χ0n) is 14.2. The highest BCUT2D eigenvalue weighted by molar-refractivity contribution is 7.98. The molecule has 0 aliphatic heterocycles. The van der Waals surface area contributed by atoms with Crippen molar-refractivity contribution in [3.8, 4) is 0 Å². The van der Waals surface area contributed by atoms with Crippen molar-refractivity contribution in [1.82, 2.24) is 10.2 Å². The zero-order chi connectivity index (χ0) is 16.0. The van der Waals surface area contributed by atoms with Crippen LogP contribution in [-0.2, 0) is 13.1 Å². The number of hydrogen-bond donors (Lipinski definition) is 1. The fourth-order valence-electron chi connectivity index (χ4n) is 2.02. The first-order valence-corrected chi connectivity index (χ1v) is 8.84. The maximum atomic E-state index is 14.0. The van der Waals surface area contributed by atoms with Crippen molar-refractivity contribution in [3.05, 3.63) is 35.1 Å². The van der Waals surface area contributed by atoms with Gasteiger partial charge >= 0.3 is 0 Å². The lowest BCUT2D eigenvalue weighted by Gasteiger charge is -2.25. The van der Waals surface area contributed by atoms with Gasteiger partial charge in [0.05, 0.1) is 0 Å². The van der Waals surface area contributed by atoms with Gasteiger partial charge in [0.15, 0.2) is 0 Å². The largest absolute Gasteiger partial charge is 0.308 e. The van der Waals surface area contributed by atoms with Gasteiger partial charge in [0.2, 0.25) is 0 Å². The van der Waals surface area contributed by atoms with Crippen LogP contribution < -0.4 is 5.32 Å². The minimum Gasteiger partial charge on any atom is -0.308 e. The van der Waals surface area contributed by atoms with Gasteiger partial charge in [-0.25, -0.2) is 4.39 Å². The second-order valence-electron chi connectivity index (χ2n) is 6.75. The molecule has 4 heteroatoms. The van der Waals surface area contributed by atoms with Crippen molar-refractivity contribution >= 4 is 11.8 Å². The molecule has 1 aromatic carbocycles. The molecule has 0 bridgehead atoms. The van der Waals surface area contributed by atoms with E-state index in [0.717, 1.165) is 23.4 Å². The first kappa shape index (κ1) is 18.5. The summed E-state index contributed by atoms with van der Waals surface area (Å²) in [6.45, 7) is 10.00. The quantitative estimate of drug-likeness (QED) is 0.822. The molecule has 0 saturated heterocycles. The smallest absolute Gasteiger partial charge is 0.127 e. The highest BCUT2D eigenvalue weighted by Gasteiger charge is 2.13. The second kappa shape index (κ2) is 8.16. The molecule has 1 aromatic rings. The number of benzene rings is 1. The highest BCUT2D eigenvalue weighted by atomic mass is 32.2. The number of halogens is 1. The van der Waals surface area contributed by atoms with E-state index >= 15 is 0 Å². The van der Waals surface area contributed by atoms with Crippen molar-refractivity contribution in [1.29, 1.82) is 0 Å². The molecule has 0 aliphatic carbocycles. The first-order chi connectivity index (χ1) is 9.73. The Morgan fingerprint density at radius 2 is 2.00 bits per heavy atom. The standard InChI is InChI=1S/C17H29FN2S/c1-13(12-21-6)20(5)11-15-9-14(7-8-16(15)18)10-19-17(2,3)4/h7-9,13,19H,10-12H2,1-6H3. The van der Waals surface area contributed by atoms with Crippen LogP contribution >= 0.6 is 11.8 Å². The predicted molar refractivity (Wildman–Crippen MR) is 92.3 cm³/mol. The third-order valence-electron chi connectivity index (χ3n) is 3.51. The molecule has 1 unspecified atom stereocenters. The molecular weight excluding hydrogens is 283 g/mol. The summed E-state index contributed by atoms with van der Waals surface area (Å²) >= 11 is 1.82. The molecule has 1 rings (SSSR count). The predicted octanol–water partition coefficient (Wildman–Crippen LogP) is 3.90. The van der Waals surface area contributed by atoms with Gasteiger partial charge in [-0.3, -0.25) is 4.90 Å². The van der Waals surface area contributed by atoms with E-state index in [1.54, 1.807) is 6.07 Å². The summed E-state index contributed by atoms with van der Waals surface area (Å²) in [6, 6.07) is 5.87. The molecule has 120 valence electrons. The van der Waals surface area contributed by atoms with Crippen LogP contribution in [0.4, 0.5) is 4.39 Å². The molecule has 2 nitrogen and oxygen atoms in total. The maximum Gasteiger partial charge on any atom is 0.127 e. The van der Waals surface area contributed by atoms with Gasteiger partial charge < -0.3 is 5.32 Å². The van der Waals surface area contributed by atoms with Gasteiger partial charge in [0.25, 0.3) is 0 Å². The van der Waals surface area contributed by atoms with Crippen LogP contribution in [0.3, 0.4) is 0 Å². The van der Waals surface area contributed by atoms with Crippen molar-refractivity contribution in [2.45, 2.75) is 52.4 Å². The lowest BCUT2D eigenvalue weighted by molar-refractivity contribution is 0.266. The zero-order valence-corrected chi connectivity index (χ0v) is 15.0. The fraction of sp³-hybridized carbons (Fsp3) is 0.647. The van der Waals surface area contributed by atoms with Crippen molar-refractivity contribution in [2.75, 3.05) is 19.1 Å². The fourth-order valence-corrected chi connectivity index (χ4v) is 2.76. The molecule has 1 N–H and O–H groups in total. The van der Waals surface area contributed by atoms with Gasteiger partial charge in [-0.05, 0) is 52.6 Å². The Bertz CT molecular complexity index is 443. The molecule has 0 aromatic heterocycles. The third kappa shape index (κ3) is 6.81. The normalized spacial score (nSPS) is 13.7. The SMILES string of the molecule is CSCC(C)N(C)Cc1cc(CNC(C)(C)C)ccc1F. The van der Waals surface area contributed by atoms with Crippen LogP contribution in [0.15, 0.2) is 18.2 Å². The van der Waals surface area contributed by atoms with E-state index in [1.807, 2.05) is 23.9 Å². The van der Waals surface area contributed by atoms with Crippen molar-refractivity contribution in [3.63, 3.8) is 0 Å². The van der Waals surface area contributed by atoms with Crippen LogP contribution in [0.1, 0.15) is 38.8 Å². The summed E-state index contributed by atoms with van der Waals surface area (Å²) in [5.74, 6) is 0.946. The highest BCUT2D eigenvalue weighted by Crippen LogP contribution is 2.15. The molecule has 0 spiro atoms.